The first-order valence-electron chi connectivity index (χ1n) is 10.1. The van der Waals surface area contributed by atoms with E-state index < -0.39 is 0 Å². The van der Waals surface area contributed by atoms with Gasteiger partial charge in [-0.1, -0.05) is 36.4 Å². The highest BCUT2D eigenvalue weighted by Crippen LogP contribution is 2.30. The molecule has 2 atom stereocenters. The molecule has 0 aliphatic carbocycles. The highest BCUT2D eigenvalue weighted by Gasteiger charge is 2.35. The Hall–Kier alpha value is -1.84. The van der Waals surface area contributed by atoms with Crippen molar-refractivity contribution in [1.29, 1.82) is 0 Å². The predicted molar refractivity (Wildman–Crippen MR) is 107 cm³/mol. The average Bonchev–Trinajstić information content (AvgIpc) is 3.21. The third-order valence-corrected chi connectivity index (χ3v) is 5.99. The van der Waals surface area contributed by atoms with Crippen LogP contribution < -0.4 is 0 Å². The molecule has 0 amide bonds. The molecule has 0 spiro atoms. The smallest absolute Gasteiger partial charge is 0.126 e. The summed E-state index contributed by atoms with van der Waals surface area (Å²) in [4.78, 5) is 5.39. The van der Waals surface area contributed by atoms with Crippen LogP contribution in [0.4, 0.5) is 0 Å². The van der Waals surface area contributed by atoms with Gasteiger partial charge in [-0.3, -0.25) is 4.90 Å². The van der Waals surface area contributed by atoms with E-state index >= 15 is 0 Å². The topological polar surface area (TPSA) is 19.6 Å². The third-order valence-electron chi connectivity index (χ3n) is 5.99. The van der Waals surface area contributed by atoms with Crippen LogP contribution in [0.3, 0.4) is 0 Å². The molecule has 3 nitrogen and oxygen atoms in total. The second kappa shape index (κ2) is 8.70. The standard InChI is InChI=1S/C23H30N2O/c1-2-7-20(8-3-1)12-16-24-17-13-23-21(19-24)9-4-14-25(23)15-5-10-22-11-6-18-26-22/h1-3,5-8,10-11,18,21,23H,4,9,12-17,19H2/b10-5+/t21-,23+/m1/s1. The first kappa shape index (κ1) is 17.6. The molecule has 3 heteroatoms. The van der Waals surface area contributed by atoms with E-state index in [1.165, 1.54) is 57.4 Å². The maximum Gasteiger partial charge on any atom is 0.126 e. The van der Waals surface area contributed by atoms with Gasteiger partial charge in [0.15, 0.2) is 0 Å². The minimum Gasteiger partial charge on any atom is -0.465 e. The molecule has 2 aromatic rings. The van der Waals surface area contributed by atoms with Crippen molar-refractivity contribution >= 4 is 6.08 Å². The molecule has 26 heavy (non-hydrogen) atoms. The second-order valence-electron chi connectivity index (χ2n) is 7.71. The van der Waals surface area contributed by atoms with Crippen LogP contribution in [0.1, 0.15) is 30.6 Å². The minimum absolute atomic E-state index is 0.762. The van der Waals surface area contributed by atoms with E-state index in [4.69, 9.17) is 4.42 Å². The van der Waals surface area contributed by atoms with Gasteiger partial charge in [-0.2, -0.15) is 0 Å². The lowest BCUT2D eigenvalue weighted by molar-refractivity contribution is 0.0304. The number of furan rings is 1. The van der Waals surface area contributed by atoms with Crippen LogP contribution in [-0.2, 0) is 6.42 Å². The summed E-state index contributed by atoms with van der Waals surface area (Å²) in [5, 5.41) is 0. The molecular weight excluding hydrogens is 320 g/mol. The van der Waals surface area contributed by atoms with Crippen LogP contribution in [0.25, 0.3) is 6.08 Å². The molecule has 2 saturated heterocycles. The number of hydrogen-bond acceptors (Lipinski definition) is 3. The Labute approximate surface area is 157 Å². The summed E-state index contributed by atoms with van der Waals surface area (Å²) >= 11 is 0. The van der Waals surface area contributed by atoms with E-state index in [-0.39, 0.29) is 0 Å². The molecule has 2 fully saturated rings. The first-order chi connectivity index (χ1) is 12.9. The summed E-state index contributed by atoms with van der Waals surface area (Å²) < 4.78 is 5.39. The number of rotatable bonds is 6. The Bertz CT molecular complexity index is 679. The van der Waals surface area contributed by atoms with Crippen molar-refractivity contribution in [3.05, 3.63) is 66.1 Å². The monoisotopic (exact) mass is 350 g/mol. The zero-order valence-electron chi connectivity index (χ0n) is 15.6. The van der Waals surface area contributed by atoms with E-state index in [0.29, 0.717) is 0 Å². The van der Waals surface area contributed by atoms with Gasteiger partial charge in [-0.05, 0) is 68.5 Å². The fraction of sp³-hybridized carbons (Fsp3) is 0.478. The molecule has 0 unspecified atom stereocenters. The van der Waals surface area contributed by atoms with Crippen molar-refractivity contribution in [3.8, 4) is 0 Å². The second-order valence-corrected chi connectivity index (χ2v) is 7.71. The lowest BCUT2D eigenvalue weighted by atomic mass is 9.83. The van der Waals surface area contributed by atoms with Crippen LogP contribution >= 0.6 is 0 Å². The molecule has 1 aromatic carbocycles. The van der Waals surface area contributed by atoms with Crippen LogP contribution in [0.15, 0.2) is 59.2 Å². The SMILES string of the molecule is C(=C\c1ccco1)/CN1CCC[C@@H]2CN(CCc3ccccc3)CC[C@@H]21. The maximum atomic E-state index is 5.39. The average molecular weight is 351 g/mol. The molecule has 3 heterocycles. The normalized spacial score (nSPS) is 24.8. The number of nitrogens with zero attached hydrogens (tertiary/aromatic N) is 2. The summed E-state index contributed by atoms with van der Waals surface area (Å²) in [5.74, 6) is 1.79. The van der Waals surface area contributed by atoms with Crippen molar-refractivity contribution in [3.63, 3.8) is 0 Å². The summed E-state index contributed by atoms with van der Waals surface area (Å²) in [6, 6.07) is 15.6. The minimum atomic E-state index is 0.762. The fourth-order valence-electron chi connectivity index (χ4n) is 4.63. The zero-order valence-corrected chi connectivity index (χ0v) is 15.6. The van der Waals surface area contributed by atoms with Gasteiger partial charge in [-0.25, -0.2) is 0 Å². The Morgan fingerprint density at radius 2 is 1.96 bits per heavy atom. The molecule has 0 radical (unpaired) electrons. The van der Waals surface area contributed by atoms with Gasteiger partial charge in [0.2, 0.25) is 0 Å². The third kappa shape index (κ3) is 4.46. The van der Waals surface area contributed by atoms with Gasteiger partial charge >= 0.3 is 0 Å². The highest BCUT2D eigenvalue weighted by molar-refractivity contribution is 5.42. The summed E-state index contributed by atoms with van der Waals surface area (Å²) in [6.07, 6.45) is 11.3. The Morgan fingerprint density at radius 1 is 1.04 bits per heavy atom. The summed E-state index contributed by atoms with van der Waals surface area (Å²) in [6.45, 7) is 6.01. The summed E-state index contributed by atoms with van der Waals surface area (Å²) in [5.41, 5.74) is 1.46. The van der Waals surface area contributed by atoms with Gasteiger partial charge in [0.1, 0.15) is 5.76 Å². The molecule has 138 valence electrons. The molecule has 2 aliphatic rings. The number of hydrogen-bond donors (Lipinski definition) is 0. The fourth-order valence-corrected chi connectivity index (χ4v) is 4.63. The Kier molecular flexibility index (Phi) is 5.88. The van der Waals surface area contributed by atoms with Gasteiger partial charge in [0.25, 0.3) is 0 Å². The number of fused-ring (bicyclic) bond motifs is 1. The number of benzene rings is 1. The summed E-state index contributed by atoms with van der Waals surface area (Å²) in [7, 11) is 0. The van der Waals surface area contributed by atoms with E-state index in [1.54, 1.807) is 6.26 Å². The van der Waals surface area contributed by atoms with E-state index in [2.05, 4.69) is 52.3 Å². The number of piperidine rings is 2. The molecular formula is C23H30N2O. The Morgan fingerprint density at radius 3 is 2.81 bits per heavy atom. The molecule has 0 N–H and O–H groups in total. The van der Waals surface area contributed by atoms with E-state index in [9.17, 15) is 0 Å². The van der Waals surface area contributed by atoms with Gasteiger partial charge in [-0.15, -0.1) is 0 Å². The Balaban J connectivity index is 1.28. The largest absolute Gasteiger partial charge is 0.465 e. The van der Waals surface area contributed by atoms with Gasteiger partial charge in [0, 0.05) is 25.7 Å². The van der Waals surface area contributed by atoms with Crippen LogP contribution in [0, 0.1) is 5.92 Å². The lowest BCUT2D eigenvalue weighted by Crippen LogP contribution is -2.54. The zero-order chi connectivity index (χ0) is 17.6. The van der Waals surface area contributed by atoms with Crippen molar-refractivity contribution < 1.29 is 4.42 Å². The maximum absolute atomic E-state index is 5.39. The highest BCUT2D eigenvalue weighted by atomic mass is 16.3. The molecule has 4 rings (SSSR count). The molecule has 1 aromatic heterocycles. The van der Waals surface area contributed by atoms with Crippen LogP contribution in [0.5, 0.6) is 0 Å². The molecule has 0 saturated carbocycles. The quantitative estimate of drug-likeness (QED) is 0.773. The van der Waals surface area contributed by atoms with Gasteiger partial charge in [0.05, 0.1) is 6.26 Å². The van der Waals surface area contributed by atoms with E-state index in [1.807, 2.05) is 12.1 Å². The van der Waals surface area contributed by atoms with Crippen molar-refractivity contribution in [2.24, 2.45) is 5.92 Å². The van der Waals surface area contributed by atoms with Crippen molar-refractivity contribution in [2.75, 3.05) is 32.7 Å². The molecule has 2 aliphatic heterocycles. The van der Waals surface area contributed by atoms with Crippen molar-refractivity contribution in [2.45, 2.75) is 31.7 Å². The van der Waals surface area contributed by atoms with Crippen LogP contribution in [0.2, 0.25) is 0 Å². The van der Waals surface area contributed by atoms with Crippen molar-refractivity contribution in [1.82, 2.24) is 9.80 Å². The van der Waals surface area contributed by atoms with Crippen LogP contribution in [-0.4, -0.2) is 48.6 Å². The first-order valence-corrected chi connectivity index (χ1v) is 10.1. The van der Waals surface area contributed by atoms with Gasteiger partial charge < -0.3 is 9.32 Å². The number of likely N-dealkylation sites (tertiary alicyclic amines) is 2. The van der Waals surface area contributed by atoms with E-state index in [0.717, 1.165) is 24.3 Å². The predicted octanol–water partition coefficient (Wildman–Crippen LogP) is 4.32. The lowest BCUT2D eigenvalue weighted by Gasteiger charge is -2.47. The molecule has 0 bridgehead atoms.